The van der Waals surface area contributed by atoms with Crippen LogP contribution in [0.1, 0.15) is 50.8 Å². The minimum Gasteiger partial charge on any atom is -0.407 e. The molecular weight excluding hydrogens is 390 g/mol. The van der Waals surface area contributed by atoms with Crippen LogP contribution in [-0.2, 0) is 9.59 Å². The van der Waals surface area contributed by atoms with E-state index in [0.29, 0.717) is 11.8 Å². The largest absolute Gasteiger partial charge is 0.407 e. The minimum absolute atomic E-state index is 0.0285. The molecule has 1 aliphatic rings. The van der Waals surface area contributed by atoms with Gasteiger partial charge in [-0.2, -0.15) is 9.78 Å². The average molecular weight is 418 g/mol. The maximum Gasteiger partial charge on any atom is 0.309 e. The van der Waals surface area contributed by atoms with Crippen LogP contribution < -0.4 is 10.1 Å². The molecule has 1 fully saturated rings. The SMILES string of the molecule is CC(=O)Oc1c(-c2ccc(NC(=O)C(C)C)cc2)c(C2CC2)nn1-c1ccc(C)cc1. The second-order valence-electron chi connectivity index (χ2n) is 8.40. The third-order valence-electron chi connectivity index (χ3n) is 5.32. The molecule has 0 bridgehead atoms. The maximum atomic E-state index is 12.0. The first-order valence-corrected chi connectivity index (χ1v) is 10.6. The summed E-state index contributed by atoms with van der Waals surface area (Å²) in [6.45, 7) is 7.14. The van der Waals surface area contributed by atoms with Crippen LogP contribution in [0, 0.1) is 12.8 Å². The van der Waals surface area contributed by atoms with E-state index in [1.165, 1.54) is 6.92 Å². The van der Waals surface area contributed by atoms with E-state index in [9.17, 15) is 9.59 Å². The third kappa shape index (κ3) is 4.53. The molecule has 31 heavy (non-hydrogen) atoms. The molecule has 1 N–H and O–H groups in total. The first-order chi connectivity index (χ1) is 14.8. The molecule has 160 valence electrons. The summed E-state index contributed by atoms with van der Waals surface area (Å²) in [5.74, 6) is 0.273. The number of carbonyl (C=O) groups is 2. The van der Waals surface area contributed by atoms with Gasteiger partial charge < -0.3 is 10.1 Å². The number of nitrogens with zero attached hydrogens (tertiary/aromatic N) is 2. The predicted octanol–water partition coefficient (Wildman–Crippen LogP) is 5.24. The lowest BCUT2D eigenvalue weighted by atomic mass is 10.0. The van der Waals surface area contributed by atoms with Crippen molar-refractivity contribution in [3.63, 3.8) is 0 Å². The highest BCUT2D eigenvalue weighted by atomic mass is 16.5. The van der Waals surface area contributed by atoms with Gasteiger partial charge in [-0.25, -0.2) is 0 Å². The van der Waals surface area contributed by atoms with Gasteiger partial charge in [0, 0.05) is 24.4 Å². The van der Waals surface area contributed by atoms with Crippen LogP contribution in [0.5, 0.6) is 5.88 Å². The molecule has 3 aromatic rings. The molecule has 6 nitrogen and oxygen atoms in total. The molecule has 4 rings (SSSR count). The fraction of sp³-hybridized carbons (Fsp3) is 0.320. The number of hydrogen-bond acceptors (Lipinski definition) is 4. The van der Waals surface area contributed by atoms with Crippen molar-refractivity contribution in [3.8, 4) is 22.7 Å². The van der Waals surface area contributed by atoms with Crippen molar-refractivity contribution >= 4 is 17.6 Å². The van der Waals surface area contributed by atoms with Gasteiger partial charge in [0.25, 0.3) is 0 Å². The third-order valence-corrected chi connectivity index (χ3v) is 5.32. The van der Waals surface area contributed by atoms with E-state index >= 15 is 0 Å². The number of esters is 1. The van der Waals surface area contributed by atoms with Gasteiger partial charge in [0.05, 0.1) is 16.9 Å². The van der Waals surface area contributed by atoms with Crippen LogP contribution in [-0.4, -0.2) is 21.7 Å². The fourth-order valence-corrected chi connectivity index (χ4v) is 3.43. The number of amides is 1. The predicted molar refractivity (Wildman–Crippen MR) is 120 cm³/mol. The van der Waals surface area contributed by atoms with Gasteiger partial charge in [-0.3, -0.25) is 9.59 Å². The van der Waals surface area contributed by atoms with E-state index < -0.39 is 5.97 Å². The van der Waals surface area contributed by atoms with Crippen molar-refractivity contribution in [2.45, 2.75) is 46.5 Å². The van der Waals surface area contributed by atoms with E-state index in [-0.39, 0.29) is 11.8 Å². The molecule has 6 heteroatoms. The Labute approximate surface area is 182 Å². The summed E-state index contributed by atoms with van der Waals surface area (Å²) < 4.78 is 7.41. The standard InChI is InChI=1S/C25H27N3O3/c1-15(2)24(30)26-20-11-9-18(10-12-20)22-23(19-7-8-19)27-28(25(22)31-17(4)29)21-13-5-16(3)6-14-21/h5-6,9-15,19H,7-8H2,1-4H3,(H,26,30). The lowest BCUT2D eigenvalue weighted by Crippen LogP contribution is -2.17. The van der Waals surface area contributed by atoms with E-state index in [1.807, 2.05) is 69.3 Å². The van der Waals surface area contributed by atoms with Crippen LogP contribution >= 0.6 is 0 Å². The lowest BCUT2D eigenvalue weighted by Gasteiger charge is -2.11. The van der Waals surface area contributed by atoms with Gasteiger partial charge in [-0.05, 0) is 49.6 Å². The van der Waals surface area contributed by atoms with Gasteiger partial charge in [-0.1, -0.05) is 43.7 Å². The first-order valence-electron chi connectivity index (χ1n) is 10.6. The molecule has 1 aliphatic carbocycles. The number of aromatic nitrogens is 2. The number of rotatable bonds is 6. The van der Waals surface area contributed by atoms with Gasteiger partial charge in [0.1, 0.15) is 0 Å². The number of benzene rings is 2. The van der Waals surface area contributed by atoms with Crippen molar-refractivity contribution in [1.82, 2.24) is 9.78 Å². The highest BCUT2D eigenvalue weighted by molar-refractivity contribution is 5.92. The van der Waals surface area contributed by atoms with Crippen molar-refractivity contribution in [2.75, 3.05) is 5.32 Å². The zero-order valence-corrected chi connectivity index (χ0v) is 18.3. The average Bonchev–Trinajstić information content (AvgIpc) is 3.51. The number of anilines is 1. The second-order valence-corrected chi connectivity index (χ2v) is 8.40. The van der Waals surface area contributed by atoms with Crippen LogP contribution in [0.4, 0.5) is 5.69 Å². The molecule has 0 spiro atoms. The van der Waals surface area contributed by atoms with Gasteiger partial charge >= 0.3 is 5.97 Å². The molecule has 0 saturated heterocycles. The Morgan fingerprint density at radius 2 is 1.71 bits per heavy atom. The van der Waals surface area contributed by atoms with Crippen molar-refractivity contribution in [3.05, 3.63) is 59.8 Å². The van der Waals surface area contributed by atoms with E-state index in [4.69, 9.17) is 9.84 Å². The Morgan fingerprint density at radius 3 is 2.26 bits per heavy atom. The molecule has 0 aliphatic heterocycles. The topological polar surface area (TPSA) is 73.2 Å². The zero-order valence-electron chi connectivity index (χ0n) is 18.3. The smallest absolute Gasteiger partial charge is 0.309 e. The molecule has 1 saturated carbocycles. The monoisotopic (exact) mass is 417 g/mol. The molecular formula is C25H27N3O3. The number of ether oxygens (including phenoxy) is 1. The molecule has 2 aromatic carbocycles. The quantitative estimate of drug-likeness (QED) is 0.556. The number of hydrogen-bond donors (Lipinski definition) is 1. The van der Waals surface area contributed by atoms with Gasteiger partial charge in [0.2, 0.25) is 11.8 Å². The van der Waals surface area contributed by atoms with Gasteiger partial charge in [0.15, 0.2) is 0 Å². The fourth-order valence-electron chi connectivity index (χ4n) is 3.43. The summed E-state index contributed by atoms with van der Waals surface area (Å²) in [4.78, 5) is 24.0. The summed E-state index contributed by atoms with van der Waals surface area (Å²) in [5.41, 5.74) is 5.40. The highest BCUT2D eigenvalue weighted by Gasteiger charge is 2.34. The number of aryl methyl sites for hydroxylation is 1. The van der Waals surface area contributed by atoms with Crippen LogP contribution in [0.15, 0.2) is 48.5 Å². The molecule has 0 radical (unpaired) electrons. The Morgan fingerprint density at radius 1 is 1.06 bits per heavy atom. The van der Waals surface area contributed by atoms with Crippen molar-refractivity contribution in [1.29, 1.82) is 0 Å². The summed E-state index contributed by atoms with van der Waals surface area (Å²) >= 11 is 0. The molecule has 1 aromatic heterocycles. The number of carbonyl (C=O) groups excluding carboxylic acids is 2. The van der Waals surface area contributed by atoms with E-state index in [2.05, 4.69) is 5.32 Å². The highest BCUT2D eigenvalue weighted by Crippen LogP contribution is 2.48. The minimum atomic E-state index is -0.391. The molecule has 0 atom stereocenters. The maximum absolute atomic E-state index is 12.0. The molecule has 0 unspecified atom stereocenters. The number of nitrogens with one attached hydrogen (secondary N) is 1. The second kappa shape index (κ2) is 8.38. The molecule has 1 amide bonds. The van der Waals surface area contributed by atoms with Crippen molar-refractivity contribution < 1.29 is 14.3 Å². The van der Waals surface area contributed by atoms with Gasteiger partial charge in [-0.15, -0.1) is 0 Å². The Hall–Kier alpha value is -3.41. The van der Waals surface area contributed by atoms with Crippen LogP contribution in [0.2, 0.25) is 0 Å². The Kier molecular flexibility index (Phi) is 5.63. The Balaban J connectivity index is 1.79. The van der Waals surface area contributed by atoms with Crippen LogP contribution in [0.3, 0.4) is 0 Å². The Bertz CT molecular complexity index is 1110. The van der Waals surface area contributed by atoms with Crippen molar-refractivity contribution in [2.24, 2.45) is 5.92 Å². The lowest BCUT2D eigenvalue weighted by molar-refractivity contribution is -0.132. The normalized spacial score (nSPS) is 13.3. The summed E-state index contributed by atoms with van der Waals surface area (Å²) in [5, 5.41) is 7.77. The van der Waals surface area contributed by atoms with Crippen LogP contribution in [0.25, 0.3) is 16.8 Å². The molecule has 1 heterocycles. The zero-order chi connectivity index (χ0) is 22.1. The van der Waals surface area contributed by atoms with E-state index in [0.717, 1.165) is 46.6 Å². The summed E-state index contributed by atoms with van der Waals surface area (Å²) in [7, 11) is 0. The van der Waals surface area contributed by atoms with E-state index in [1.54, 1.807) is 4.68 Å². The summed E-state index contributed by atoms with van der Waals surface area (Å²) in [6, 6.07) is 15.6. The first kappa shape index (κ1) is 20.8. The summed E-state index contributed by atoms with van der Waals surface area (Å²) in [6.07, 6.45) is 2.14.